The summed E-state index contributed by atoms with van der Waals surface area (Å²) >= 11 is 0. The molecule has 1 unspecified atom stereocenters. The quantitative estimate of drug-likeness (QED) is 0.811. The van der Waals surface area contributed by atoms with E-state index in [1.54, 1.807) is 54.1 Å². The van der Waals surface area contributed by atoms with E-state index in [9.17, 15) is 14.4 Å². The minimum atomic E-state index is -0.730. The molecule has 28 heavy (non-hydrogen) atoms. The van der Waals surface area contributed by atoms with Gasteiger partial charge in [-0.2, -0.15) is 5.10 Å². The summed E-state index contributed by atoms with van der Waals surface area (Å²) in [5.41, 5.74) is 2.59. The number of carbonyl (C=O) groups excluding carboxylic acids is 3. The normalized spacial score (nSPS) is 15.5. The maximum atomic E-state index is 13.3. The molecule has 2 heterocycles. The first-order valence-electron chi connectivity index (χ1n) is 8.90. The Hall–Kier alpha value is -3.42. The van der Waals surface area contributed by atoms with Gasteiger partial charge in [0, 0.05) is 56.6 Å². The summed E-state index contributed by atoms with van der Waals surface area (Å²) in [6, 6.07) is 5.91. The van der Waals surface area contributed by atoms with E-state index in [1.165, 1.54) is 4.90 Å². The van der Waals surface area contributed by atoms with Gasteiger partial charge in [-0.05, 0) is 24.3 Å². The van der Waals surface area contributed by atoms with Crippen LogP contribution in [0.2, 0.25) is 0 Å². The summed E-state index contributed by atoms with van der Waals surface area (Å²) in [6.07, 6.45) is 3.43. The van der Waals surface area contributed by atoms with E-state index in [2.05, 4.69) is 17.0 Å². The lowest BCUT2D eigenvalue weighted by Crippen LogP contribution is -2.47. The number of nitrogens with zero attached hydrogens (tertiary/aromatic N) is 4. The van der Waals surface area contributed by atoms with Crippen LogP contribution in [0.3, 0.4) is 0 Å². The highest BCUT2D eigenvalue weighted by Gasteiger charge is 2.38. The molecule has 1 aliphatic heterocycles. The van der Waals surface area contributed by atoms with Crippen LogP contribution in [-0.2, 0) is 23.1 Å². The van der Waals surface area contributed by atoms with Crippen molar-refractivity contribution >= 4 is 23.4 Å². The van der Waals surface area contributed by atoms with Gasteiger partial charge < -0.3 is 15.1 Å². The fourth-order valence-electron chi connectivity index (χ4n) is 3.36. The summed E-state index contributed by atoms with van der Waals surface area (Å²) in [7, 11) is 5.17. The lowest BCUT2D eigenvalue weighted by atomic mass is 9.96. The van der Waals surface area contributed by atoms with Crippen molar-refractivity contribution in [1.29, 1.82) is 0 Å². The van der Waals surface area contributed by atoms with E-state index in [0.29, 0.717) is 24.2 Å². The maximum absolute atomic E-state index is 13.3. The summed E-state index contributed by atoms with van der Waals surface area (Å²) in [4.78, 5) is 40.7. The zero-order valence-electron chi connectivity index (χ0n) is 16.2. The first kappa shape index (κ1) is 19.3. The number of fused-ring (bicyclic) bond motifs is 1. The van der Waals surface area contributed by atoms with Crippen molar-refractivity contribution in [3.8, 4) is 0 Å². The molecule has 0 bridgehead atoms. The summed E-state index contributed by atoms with van der Waals surface area (Å²) in [5, 5.41) is 6.91. The Bertz CT molecular complexity index is 947. The van der Waals surface area contributed by atoms with Crippen LogP contribution in [0.25, 0.3) is 0 Å². The third-order valence-electron chi connectivity index (χ3n) is 4.79. The fourth-order valence-corrected chi connectivity index (χ4v) is 3.36. The average Bonchev–Trinajstić information content (AvgIpc) is 3.07. The highest BCUT2D eigenvalue weighted by molar-refractivity contribution is 6.02. The Morgan fingerprint density at radius 3 is 2.75 bits per heavy atom. The lowest BCUT2D eigenvalue weighted by Gasteiger charge is -2.36. The van der Waals surface area contributed by atoms with Crippen LogP contribution < -0.4 is 5.32 Å². The van der Waals surface area contributed by atoms with Crippen LogP contribution in [0.5, 0.6) is 0 Å². The number of amides is 3. The zero-order valence-corrected chi connectivity index (χ0v) is 16.2. The molecule has 0 spiro atoms. The van der Waals surface area contributed by atoms with Crippen molar-refractivity contribution in [2.45, 2.75) is 12.5 Å². The van der Waals surface area contributed by atoms with E-state index in [-0.39, 0.29) is 17.7 Å². The second-order valence-electron chi connectivity index (χ2n) is 6.83. The van der Waals surface area contributed by atoms with Crippen molar-refractivity contribution < 1.29 is 14.4 Å². The predicted molar refractivity (Wildman–Crippen MR) is 105 cm³/mol. The third-order valence-corrected chi connectivity index (χ3v) is 4.79. The smallest absolute Gasteiger partial charge is 0.254 e. The van der Waals surface area contributed by atoms with Gasteiger partial charge in [-0.3, -0.25) is 19.1 Å². The van der Waals surface area contributed by atoms with Crippen molar-refractivity contribution in [2.24, 2.45) is 7.05 Å². The summed E-state index contributed by atoms with van der Waals surface area (Å²) < 4.78 is 1.75. The Morgan fingerprint density at radius 2 is 2.07 bits per heavy atom. The molecule has 1 aromatic carbocycles. The Balaban J connectivity index is 1.96. The Kier molecular flexibility index (Phi) is 5.30. The molecule has 3 amide bonds. The molecular weight excluding hydrogens is 358 g/mol. The topological polar surface area (TPSA) is 87.5 Å². The molecule has 146 valence electrons. The third kappa shape index (κ3) is 3.53. The van der Waals surface area contributed by atoms with Gasteiger partial charge in [-0.15, -0.1) is 0 Å². The van der Waals surface area contributed by atoms with E-state index in [0.717, 1.165) is 17.3 Å². The zero-order chi connectivity index (χ0) is 20.4. The molecule has 1 aliphatic rings. The number of rotatable bonds is 4. The maximum Gasteiger partial charge on any atom is 0.254 e. The average molecular weight is 381 g/mol. The second kappa shape index (κ2) is 7.67. The van der Waals surface area contributed by atoms with E-state index < -0.39 is 6.04 Å². The molecule has 1 atom stereocenters. The standard InChI is InChI=1S/C20H23N5O3/c1-5-17(26)22-14-8-6-7-13(11-14)19(27)25-10-9-16-15(12-21-24(16)4)18(25)20(28)23(2)3/h5-8,11-12,18H,1,9-10H2,2-4H3,(H,22,26). The van der Waals surface area contributed by atoms with E-state index >= 15 is 0 Å². The number of hydrogen-bond donors (Lipinski definition) is 1. The Labute approximate surface area is 163 Å². The molecule has 0 saturated carbocycles. The van der Waals surface area contributed by atoms with Crippen molar-refractivity contribution in [1.82, 2.24) is 19.6 Å². The van der Waals surface area contributed by atoms with Gasteiger partial charge in [-0.1, -0.05) is 12.6 Å². The number of nitrogens with one attached hydrogen (secondary N) is 1. The van der Waals surface area contributed by atoms with Crippen molar-refractivity contribution in [3.63, 3.8) is 0 Å². The predicted octanol–water partition coefficient (Wildman–Crippen LogP) is 1.37. The number of likely N-dealkylation sites (N-methyl/N-ethyl adjacent to an activating group) is 1. The first-order valence-corrected chi connectivity index (χ1v) is 8.90. The molecular formula is C20H23N5O3. The molecule has 0 radical (unpaired) electrons. The summed E-state index contributed by atoms with van der Waals surface area (Å²) in [5.74, 6) is -0.814. The van der Waals surface area contributed by atoms with Gasteiger partial charge in [0.1, 0.15) is 6.04 Å². The molecule has 2 aromatic rings. The molecule has 1 N–H and O–H groups in total. The molecule has 8 heteroatoms. The first-order chi connectivity index (χ1) is 13.3. The molecule has 1 aromatic heterocycles. The molecule has 8 nitrogen and oxygen atoms in total. The number of aryl methyl sites for hydroxylation is 1. The van der Waals surface area contributed by atoms with Crippen LogP contribution in [0, 0.1) is 0 Å². The highest BCUT2D eigenvalue weighted by atomic mass is 16.2. The SMILES string of the molecule is C=CC(=O)Nc1cccc(C(=O)N2CCc3c(cnn3C)C2C(=O)N(C)C)c1. The number of benzene rings is 1. The number of aromatic nitrogens is 2. The molecule has 0 saturated heterocycles. The minimum absolute atomic E-state index is 0.182. The monoisotopic (exact) mass is 381 g/mol. The lowest BCUT2D eigenvalue weighted by molar-refractivity contribution is -0.134. The molecule has 0 fully saturated rings. The Morgan fingerprint density at radius 1 is 1.32 bits per heavy atom. The van der Waals surface area contributed by atoms with E-state index in [4.69, 9.17) is 0 Å². The molecule has 3 rings (SSSR count). The van der Waals surface area contributed by atoms with Crippen molar-refractivity contribution in [2.75, 3.05) is 26.0 Å². The van der Waals surface area contributed by atoms with Gasteiger partial charge in [0.2, 0.25) is 11.8 Å². The minimum Gasteiger partial charge on any atom is -0.347 e. The van der Waals surface area contributed by atoms with Crippen LogP contribution in [-0.4, -0.2) is 57.9 Å². The second-order valence-corrected chi connectivity index (χ2v) is 6.83. The van der Waals surface area contributed by atoms with Gasteiger partial charge >= 0.3 is 0 Å². The largest absolute Gasteiger partial charge is 0.347 e. The van der Waals surface area contributed by atoms with Crippen LogP contribution >= 0.6 is 0 Å². The van der Waals surface area contributed by atoms with Gasteiger partial charge in [0.25, 0.3) is 5.91 Å². The van der Waals surface area contributed by atoms with Crippen LogP contribution in [0.1, 0.15) is 27.7 Å². The fraction of sp³-hybridized carbons (Fsp3) is 0.300. The van der Waals surface area contributed by atoms with E-state index in [1.807, 2.05) is 7.05 Å². The summed E-state index contributed by atoms with van der Waals surface area (Å²) in [6.45, 7) is 3.82. The van der Waals surface area contributed by atoms with Crippen LogP contribution in [0.15, 0.2) is 43.1 Å². The number of anilines is 1. The van der Waals surface area contributed by atoms with Gasteiger partial charge in [0.05, 0.1) is 6.20 Å². The van der Waals surface area contributed by atoms with Crippen molar-refractivity contribution in [3.05, 3.63) is 59.9 Å². The van der Waals surface area contributed by atoms with Gasteiger partial charge in [-0.25, -0.2) is 0 Å². The highest BCUT2D eigenvalue weighted by Crippen LogP contribution is 2.32. The number of carbonyl (C=O) groups is 3. The molecule has 0 aliphatic carbocycles. The van der Waals surface area contributed by atoms with Gasteiger partial charge in [0.15, 0.2) is 0 Å². The van der Waals surface area contributed by atoms with Crippen LogP contribution in [0.4, 0.5) is 5.69 Å². The number of hydrogen-bond acceptors (Lipinski definition) is 4.